The lowest BCUT2D eigenvalue weighted by atomic mass is 10.0. The summed E-state index contributed by atoms with van der Waals surface area (Å²) in [5, 5.41) is 8.74. The van der Waals surface area contributed by atoms with E-state index >= 15 is 0 Å². The molecule has 16 nitrogen and oxygen atoms in total. The lowest BCUT2D eigenvalue weighted by Crippen LogP contribution is -2.74. The van der Waals surface area contributed by atoms with Crippen molar-refractivity contribution in [3.63, 3.8) is 0 Å². The highest BCUT2D eigenvalue weighted by atomic mass is 35.5. The summed E-state index contributed by atoms with van der Waals surface area (Å²) in [6.07, 6.45) is -2.67. The van der Waals surface area contributed by atoms with Crippen LogP contribution in [0.2, 0.25) is 0 Å². The van der Waals surface area contributed by atoms with Gasteiger partial charge in [0.25, 0.3) is 11.8 Å². The van der Waals surface area contributed by atoms with Gasteiger partial charge in [0.15, 0.2) is 23.2 Å². The topological polar surface area (TPSA) is 232 Å². The van der Waals surface area contributed by atoms with Crippen LogP contribution in [0.15, 0.2) is 21.8 Å². The summed E-state index contributed by atoms with van der Waals surface area (Å²) < 4.78 is 22.6. The monoisotopic (exact) mass is 644 g/mol. The first-order chi connectivity index (χ1) is 19.7. The number of carbonyl (C=O) groups excluding carboxylic acids is 6. The van der Waals surface area contributed by atoms with Crippen molar-refractivity contribution in [3.8, 4) is 0 Å². The molecule has 226 valence electrons. The number of nitrogens with one attached hydrogen (secondary N) is 2. The molecule has 1 aromatic rings. The molecule has 0 radical (unpaired) electrons. The van der Waals surface area contributed by atoms with Crippen LogP contribution in [0.5, 0.6) is 0 Å². The van der Waals surface area contributed by atoms with Gasteiger partial charge in [-0.05, 0) is 31.9 Å². The van der Waals surface area contributed by atoms with Crippen molar-refractivity contribution in [2.45, 2.75) is 50.3 Å². The number of β-lactam (4-membered cyclic amide) rings is 1. The van der Waals surface area contributed by atoms with Crippen LogP contribution >= 0.6 is 22.9 Å². The molecule has 0 aliphatic carbocycles. The summed E-state index contributed by atoms with van der Waals surface area (Å²) in [5.74, 6) is -3.92. The summed E-state index contributed by atoms with van der Waals surface area (Å²) in [7, 11) is 1.03. The van der Waals surface area contributed by atoms with Crippen LogP contribution in [-0.2, 0) is 49.4 Å². The summed E-state index contributed by atoms with van der Waals surface area (Å²) in [5.41, 5.74) is 3.90. The van der Waals surface area contributed by atoms with Gasteiger partial charge < -0.3 is 29.8 Å². The number of anilines is 1. The van der Waals surface area contributed by atoms with Crippen LogP contribution in [0.1, 0.15) is 32.9 Å². The number of fused-ring (bicyclic) bond motifs is 1. The molecule has 2 aliphatic rings. The third kappa shape index (κ3) is 7.58. The highest BCUT2D eigenvalue weighted by Crippen LogP contribution is 2.36. The molecule has 20 heteroatoms. The molecule has 42 heavy (non-hydrogen) atoms. The van der Waals surface area contributed by atoms with E-state index in [1.54, 1.807) is 20.8 Å². The van der Waals surface area contributed by atoms with Crippen molar-refractivity contribution in [2.24, 2.45) is 10.9 Å². The Hall–Kier alpha value is -3.68. The van der Waals surface area contributed by atoms with Crippen molar-refractivity contribution < 1.29 is 47.5 Å². The number of allylic oxidation sites excluding steroid dienone is 1. The van der Waals surface area contributed by atoms with E-state index in [1.165, 1.54) is 5.38 Å². The summed E-state index contributed by atoms with van der Waals surface area (Å²) >= 11 is 5.00. The van der Waals surface area contributed by atoms with Crippen molar-refractivity contribution in [1.82, 2.24) is 15.2 Å². The number of amides is 4. The molecule has 1 saturated heterocycles. The molecular weight excluding hydrogens is 619 g/mol. The van der Waals surface area contributed by atoms with Gasteiger partial charge in [-0.3, -0.25) is 29.4 Å². The average molecular weight is 645 g/mol. The van der Waals surface area contributed by atoms with E-state index < -0.39 is 76.2 Å². The zero-order chi connectivity index (χ0) is 31.4. The van der Waals surface area contributed by atoms with Crippen LogP contribution in [0.3, 0.4) is 0 Å². The van der Waals surface area contributed by atoms with Crippen molar-refractivity contribution in [3.05, 3.63) is 22.3 Å². The first-order valence-corrected chi connectivity index (χ1v) is 14.8. The second-order valence-corrected chi connectivity index (χ2v) is 12.4. The third-order valence-electron chi connectivity index (χ3n) is 5.50. The van der Waals surface area contributed by atoms with E-state index in [4.69, 9.17) is 26.9 Å². The number of thiazole rings is 1. The molecule has 3 heterocycles. The van der Waals surface area contributed by atoms with Crippen molar-refractivity contribution in [2.75, 3.05) is 16.9 Å². The maximum Gasteiger partial charge on any atom is 0.413 e. The Bertz CT molecular complexity index is 1350. The van der Waals surface area contributed by atoms with E-state index in [0.29, 0.717) is 11.9 Å². The molecule has 1 unspecified atom stereocenters. The van der Waals surface area contributed by atoms with E-state index in [0.717, 1.165) is 24.3 Å². The first-order valence-electron chi connectivity index (χ1n) is 12.0. The fourth-order valence-electron chi connectivity index (χ4n) is 3.71. The smallest absolute Gasteiger partial charge is 0.413 e. The molecular formula is C22H26BClN6O10S2. The van der Waals surface area contributed by atoms with Crippen LogP contribution in [0.4, 0.5) is 9.93 Å². The van der Waals surface area contributed by atoms with Gasteiger partial charge in [-0.25, -0.2) is 14.6 Å². The largest absolute Gasteiger partial charge is 0.614 e. The number of halogens is 1. The molecule has 4 amide bonds. The lowest BCUT2D eigenvalue weighted by molar-refractivity contribution is -0.149. The van der Waals surface area contributed by atoms with E-state index in [9.17, 15) is 33.3 Å². The SMILES string of the molecule is BOC(=O)[C@H](CC(N)=O)O/N=C(\C(=O)N[C@@H]1C(=O)N2C(C=O)=C(CCl)C[S+]([O-])[C@H]12)c1csc(NC(=O)OC(C)(C)C)n1. The number of primary amides is 1. The maximum absolute atomic E-state index is 13.4. The molecule has 0 bridgehead atoms. The molecule has 0 saturated carbocycles. The zero-order valence-corrected chi connectivity index (χ0v) is 25.1. The summed E-state index contributed by atoms with van der Waals surface area (Å²) in [6, 6.07) is -1.32. The van der Waals surface area contributed by atoms with Crippen molar-refractivity contribution in [1.29, 1.82) is 0 Å². The van der Waals surface area contributed by atoms with Gasteiger partial charge in [-0.15, -0.1) is 22.9 Å². The number of oxime groups is 1. The minimum Gasteiger partial charge on any atom is -0.614 e. The zero-order valence-electron chi connectivity index (χ0n) is 22.7. The number of nitrogens with zero attached hydrogens (tertiary/aromatic N) is 3. The fraction of sp³-hybridized carbons (Fsp3) is 0.455. The number of aromatic nitrogens is 1. The van der Waals surface area contributed by atoms with Gasteiger partial charge in [0.05, 0.1) is 18.0 Å². The average Bonchev–Trinajstić information content (AvgIpc) is 3.36. The van der Waals surface area contributed by atoms with E-state index in [-0.39, 0.29) is 28.2 Å². The standard InChI is InChI=1S/C22H26BClN6O10S2/c1-22(2,3)38-21(36)28-20-26-10(7-41-20)14(29-40-12(4-13(25)32)19(35)39-23)16(33)27-15-17(34)30-11(6-31)9(5-24)8-42(37)18(15)30/h6-7,12,15,18H,4-5,8,23H2,1-3H3,(H2,25,32)(H,27,33)(H,26,28,36)/b29-14-/t12-,15+,18+,42?/m0/s1. The van der Waals surface area contributed by atoms with Gasteiger partial charge in [-0.2, -0.15) is 0 Å². The Morgan fingerprint density at radius 3 is 2.67 bits per heavy atom. The minimum absolute atomic E-state index is 0.00458. The number of ether oxygens (including phenoxy) is 1. The molecule has 3 rings (SSSR count). The lowest BCUT2D eigenvalue weighted by Gasteiger charge is -2.48. The van der Waals surface area contributed by atoms with Crippen LogP contribution in [-0.4, -0.2) is 99.0 Å². The number of rotatable bonds is 11. The first kappa shape index (κ1) is 32.8. The second kappa shape index (κ2) is 13.5. The number of alkyl halides is 1. The Morgan fingerprint density at radius 1 is 1.40 bits per heavy atom. The normalized spacial score (nSPS) is 21.0. The highest BCUT2D eigenvalue weighted by Gasteiger charge is 2.59. The summed E-state index contributed by atoms with van der Waals surface area (Å²) in [4.78, 5) is 83.8. The molecule has 1 aromatic heterocycles. The van der Waals surface area contributed by atoms with Crippen LogP contribution in [0, 0.1) is 0 Å². The summed E-state index contributed by atoms with van der Waals surface area (Å²) in [6.45, 7) is 4.97. The number of hydrogen-bond acceptors (Lipinski definition) is 13. The van der Waals surface area contributed by atoms with Crippen LogP contribution < -0.4 is 16.4 Å². The third-order valence-corrected chi connectivity index (χ3v) is 8.24. The molecule has 4 N–H and O–H groups in total. The number of carbonyl (C=O) groups is 6. The predicted octanol–water partition coefficient (Wildman–Crippen LogP) is -1.35. The molecule has 0 spiro atoms. The Labute approximate surface area is 251 Å². The number of nitrogens with two attached hydrogens (primary N) is 1. The van der Waals surface area contributed by atoms with Crippen molar-refractivity contribution >= 4 is 89.1 Å². The molecule has 0 aromatic carbocycles. The second-order valence-electron chi connectivity index (χ2n) is 9.71. The molecule has 2 aliphatic heterocycles. The van der Waals surface area contributed by atoms with Gasteiger partial charge in [0, 0.05) is 11.0 Å². The predicted molar refractivity (Wildman–Crippen MR) is 151 cm³/mol. The molecule has 1 fully saturated rings. The Morgan fingerprint density at radius 2 is 2.10 bits per heavy atom. The number of aldehydes is 1. The Kier molecular flexibility index (Phi) is 10.6. The highest BCUT2D eigenvalue weighted by molar-refractivity contribution is 7.92. The number of hydrogen-bond donors (Lipinski definition) is 3. The Balaban J connectivity index is 1.90. The van der Waals surface area contributed by atoms with Gasteiger partial charge in [0.2, 0.25) is 17.4 Å². The quantitative estimate of drug-likeness (QED) is 0.0485. The van der Waals surface area contributed by atoms with Crippen LogP contribution in [0.25, 0.3) is 0 Å². The van der Waals surface area contributed by atoms with E-state index in [2.05, 4.69) is 25.4 Å². The fourth-order valence-corrected chi connectivity index (χ4v) is 6.44. The minimum atomic E-state index is -1.71. The van der Waals surface area contributed by atoms with E-state index in [1.807, 2.05) is 0 Å². The maximum atomic E-state index is 13.4. The van der Waals surface area contributed by atoms with Gasteiger partial charge in [0.1, 0.15) is 17.0 Å². The molecule has 4 atom stereocenters. The van der Waals surface area contributed by atoms with Gasteiger partial charge in [-0.1, -0.05) is 5.16 Å². The van der Waals surface area contributed by atoms with Gasteiger partial charge >= 0.3 is 20.1 Å².